The Morgan fingerprint density at radius 3 is 2.79 bits per heavy atom. The molecule has 0 spiro atoms. The molecule has 7 heteroatoms. The molecule has 24 heavy (non-hydrogen) atoms. The number of carbonyl (C=O) groups is 1. The normalized spacial score (nSPS) is 24.2. The summed E-state index contributed by atoms with van der Waals surface area (Å²) in [6.07, 6.45) is 2.30. The van der Waals surface area contributed by atoms with Crippen molar-refractivity contribution in [2.45, 2.75) is 30.8 Å². The second-order valence-corrected chi connectivity index (χ2v) is 6.32. The number of ether oxygens (including phenoxy) is 1. The van der Waals surface area contributed by atoms with Crippen LogP contribution in [0.2, 0.25) is 0 Å². The van der Waals surface area contributed by atoms with Crippen molar-refractivity contribution in [3.05, 3.63) is 47.2 Å². The van der Waals surface area contributed by atoms with Crippen molar-refractivity contribution >= 4 is 5.91 Å². The summed E-state index contributed by atoms with van der Waals surface area (Å²) in [5, 5.41) is 8.20. The van der Waals surface area contributed by atoms with E-state index in [0.29, 0.717) is 12.1 Å². The van der Waals surface area contributed by atoms with Crippen LogP contribution in [0.3, 0.4) is 0 Å². The third-order valence-corrected chi connectivity index (χ3v) is 4.88. The van der Waals surface area contributed by atoms with Crippen LogP contribution in [0.25, 0.3) is 11.3 Å². The number of halogens is 2. The Hall–Kier alpha value is -2.41. The predicted octanol–water partition coefficient (Wildman–Crippen LogP) is 2.40. The largest absolute Gasteiger partial charge is 0.368 e. The van der Waals surface area contributed by atoms with E-state index < -0.39 is 23.1 Å². The smallest absolute Gasteiger partial charge is 0.243 e. The van der Waals surface area contributed by atoms with Crippen molar-refractivity contribution < 1.29 is 18.3 Å². The number of primary amides is 1. The molecule has 1 aromatic carbocycles. The number of benzene rings is 1. The van der Waals surface area contributed by atoms with Gasteiger partial charge >= 0.3 is 0 Å². The number of hydrogen-bond donors (Lipinski definition) is 1. The number of nitrogens with zero attached hydrogens (tertiary/aromatic N) is 2. The zero-order chi connectivity index (χ0) is 16.9. The van der Waals surface area contributed by atoms with Gasteiger partial charge in [-0.1, -0.05) is 6.07 Å². The summed E-state index contributed by atoms with van der Waals surface area (Å²) in [5.41, 5.74) is 6.04. The minimum absolute atomic E-state index is 0.168. The Morgan fingerprint density at radius 2 is 2.08 bits per heavy atom. The molecule has 0 aliphatic heterocycles. The van der Waals surface area contributed by atoms with E-state index in [-0.39, 0.29) is 23.8 Å². The fraction of sp³-hybridized carbons (Fsp3) is 0.353. The molecule has 1 heterocycles. The molecule has 2 aromatic rings. The van der Waals surface area contributed by atoms with Crippen LogP contribution in [0, 0.1) is 11.6 Å². The van der Waals surface area contributed by atoms with Gasteiger partial charge in [-0.05, 0) is 48.9 Å². The number of nitrogens with two attached hydrogens (primary N) is 1. The topological polar surface area (TPSA) is 78.1 Å². The molecule has 2 bridgehead atoms. The predicted molar refractivity (Wildman–Crippen MR) is 80.8 cm³/mol. The third-order valence-electron chi connectivity index (χ3n) is 4.88. The Morgan fingerprint density at radius 1 is 1.33 bits per heavy atom. The molecule has 1 fully saturated rings. The number of aromatic nitrogens is 2. The zero-order valence-corrected chi connectivity index (χ0v) is 12.8. The molecule has 5 nitrogen and oxygen atoms in total. The lowest BCUT2D eigenvalue weighted by Crippen LogP contribution is -2.31. The summed E-state index contributed by atoms with van der Waals surface area (Å²) in [6, 6.07) is 5.38. The molecule has 1 saturated carbocycles. The van der Waals surface area contributed by atoms with Crippen LogP contribution in [0.4, 0.5) is 8.78 Å². The van der Waals surface area contributed by atoms with E-state index >= 15 is 0 Å². The first-order valence-corrected chi connectivity index (χ1v) is 7.75. The SMILES string of the molecule is NC(=O)CO[C@]12CC[C@H](C1)c1cc(-c3c(F)cccc3F)nnc12. The van der Waals surface area contributed by atoms with Crippen molar-refractivity contribution in [1.29, 1.82) is 0 Å². The van der Waals surface area contributed by atoms with Crippen LogP contribution >= 0.6 is 0 Å². The molecule has 124 valence electrons. The molecule has 2 aliphatic rings. The maximum atomic E-state index is 14.0. The van der Waals surface area contributed by atoms with Crippen LogP contribution in [-0.4, -0.2) is 22.7 Å². The van der Waals surface area contributed by atoms with Crippen molar-refractivity contribution in [3.63, 3.8) is 0 Å². The Balaban J connectivity index is 1.76. The summed E-state index contributed by atoms with van der Waals surface area (Å²) in [6.45, 7) is -0.183. The number of fused-ring (bicyclic) bond motifs is 5. The lowest BCUT2D eigenvalue weighted by atomic mass is 9.93. The first kappa shape index (κ1) is 15.1. The van der Waals surface area contributed by atoms with Crippen LogP contribution in [0.5, 0.6) is 0 Å². The van der Waals surface area contributed by atoms with Gasteiger partial charge in [0.1, 0.15) is 23.8 Å². The van der Waals surface area contributed by atoms with Crippen molar-refractivity contribution in [3.8, 4) is 11.3 Å². The summed E-state index contributed by atoms with van der Waals surface area (Å²) >= 11 is 0. The lowest BCUT2D eigenvalue weighted by molar-refractivity contribution is -0.130. The van der Waals surface area contributed by atoms with E-state index in [1.807, 2.05) is 0 Å². The Labute approximate surface area is 136 Å². The van der Waals surface area contributed by atoms with E-state index in [4.69, 9.17) is 10.5 Å². The summed E-state index contributed by atoms with van der Waals surface area (Å²) in [4.78, 5) is 11.0. The highest BCUT2D eigenvalue weighted by molar-refractivity contribution is 5.75. The highest BCUT2D eigenvalue weighted by Crippen LogP contribution is 2.57. The molecular weight excluding hydrogens is 316 g/mol. The molecular formula is C17H15F2N3O2. The van der Waals surface area contributed by atoms with Gasteiger partial charge in [0.15, 0.2) is 0 Å². The molecule has 2 N–H and O–H groups in total. The van der Waals surface area contributed by atoms with Gasteiger partial charge in [0.25, 0.3) is 0 Å². The van der Waals surface area contributed by atoms with Gasteiger partial charge in [0, 0.05) is 0 Å². The van der Waals surface area contributed by atoms with E-state index in [0.717, 1.165) is 18.4 Å². The van der Waals surface area contributed by atoms with Crippen molar-refractivity contribution in [1.82, 2.24) is 10.2 Å². The summed E-state index contributed by atoms with van der Waals surface area (Å²) in [5.74, 6) is -1.70. The van der Waals surface area contributed by atoms with Gasteiger partial charge in [-0.15, -0.1) is 5.10 Å². The van der Waals surface area contributed by atoms with Gasteiger partial charge in [-0.2, -0.15) is 5.10 Å². The van der Waals surface area contributed by atoms with E-state index in [9.17, 15) is 13.6 Å². The van der Waals surface area contributed by atoms with Gasteiger partial charge in [-0.25, -0.2) is 8.78 Å². The van der Waals surface area contributed by atoms with Crippen LogP contribution < -0.4 is 5.73 Å². The Kier molecular flexibility index (Phi) is 3.35. The van der Waals surface area contributed by atoms with Crippen molar-refractivity contribution in [2.75, 3.05) is 6.61 Å². The van der Waals surface area contributed by atoms with E-state index in [1.165, 1.54) is 18.2 Å². The van der Waals surface area contributed by atoms with Gasteiger partial charge in [0.05, 0.1) is 17.0 Å². The van der Waals surface area contributed by atoms with Gasteiger partial charge in [0.2, 0.25) is 5.91 Å². The Bertz CT molecular complexity index is 822. The fourth-order valence-corrected chi connectivity index (χ4v) is 3.83. The number of hydrogen-bond acceptors (Lipinski definition) is 4. The van der Waals surface area contributed by atoms with Gasteiger partial charge < -0.3 is 10.5 Å². The van der Waals surface area contributed by atoms with E-state index in [2.05, 4.69) is 10.2 Å². The zero-order valence-electron chi connectivity index (χ0n) is 12.8. The second-order valence-electron chi connectivity index (χ2n) is 6.32. The molecule has 1 amide bonds. The minimum atomic E-state index is -0.674. The summed E-state index contributed by atoms with van der Waals surface area (Å²) < 4.78 is 33.7. The molecule has 2 aliphatic carbocycles. The number of rotatable bonds is 4. The maximum absolute atomic E-state index is 14.0. The lowest BCUT2D eigenvalue weighted by Gasteiger charge is -2.27. The quantitative estimate of drug-likeness (QED) is 0.933. The molecule has 1 aromatic heterocycles. The molecule has 0 saturated heterocycles. The molecule has 2 atom stereocenters. The van der Waals surface area contributed by atoms with Gasteiger partial charge in [-0.3, -0.25) is 4.79 Å². The average molecular weight is 331 g/mol. The highest BCUT2D eigenvalue weighted by atomic mass is 19.1. The van der Waals surface area contributed by atoms with Crippen LogP contribution in [0.15, 0.2) is 24.3 Å². The standard InChI is InChI=1S/C17H15F2N3O2/c18-11-2-1-3-12(19)15(11)13-6-10-9-4-5-17(7-9,16(10)22-21-13)24-8-14(20)23/h1-3,6,9H,4-5,7-8H2,(H2,20,23)/t9-,17-/m1/s1. The molecule has 0 unspecified atom stereocenters. The number of carbonyl (C=O) groups excluding carboxylic acids is 1. The second kappa shape index (κ2) is 5.31. The maximum Gasteiger partial charge on any atom is 0.243 e. The van der Waals surface area contributed by atoms with Crippen molar-refractivity contribution in [2.24, 2.45) is 5.73 Å². The minimum Gasteiger partial charge on any atom is -0.368 e. The molecule has 0 radical (unpaired) electrons. The third kappa shape index (κ3) is 2.19. The van der Waals surface area contributed by atoms with E-state index in [1.54, 1.807) is 6.07 Å². The molecule has 4 rings (SSSR count). The fourth-order valence-electron chi connectivity index (χ4n) is 3.83. The van der Waals surface area contributed by atoms with Crippen LogP contribution in [-0.2, 0) is 15.1 Å². The average Bonchev–Trinajstić information content (AvgIpc) is 3.10. The first-order chi connectivity index (χ1) is 11.5. The monoisotopic (exact) mass is 331 g/mol. The van der Waals surface area contributed by atoms with Crippen LogP contribution in [0.1, 0.15) is 36.4 Å². The number of amides is 1. The summed E-state index contributed by atoms with van der Waals surface area (Å²) in [7, 11) is 0. The first-order valence-electron chi connectivity index (χ1n) is 7.75. The highest BCUT2D eigenvalue weighted by Gasteiger charge is 2.52.